The maximum absolute atomic E-state index is 5.73. The Kier molecular flexibility index (Phi) is 4.26. The van der Waals surface area contributed by atoms with Gasteiger partial charge in [0.1, 0.15) is 5.75 Å². The second-order valence-corrected chi connectivity index (χ2v) is 6.97. The van der Waals surface area contributed by atoms with E-state index in [1.54, 1.807) is 0 Å². The van der Waals surface area contributed by atoms with Crippen LogP contribution in [-0.2, 0) is 0 Å². The smallest absolute Gasteiger partial charge is 0.124 e. The van der Waals surface area contributed by atoms with Crippen molar-refractivity contribution in [3.63, 3.8) is 0 Å². The number of hydrogen-bond acceptors (Lipinski definition) is 2. The van der Waals surface area contributed by atoms with E-state index in [0.29, 0.717) is 6.04 Å². The number of nitrogens with one attached hydrogen (secondary N) is 1. The molecule has 2 nitrogen and oxygen atoms in total. The Bertz CT molecular complexity index is 501. The summed E-state index contributed by atoms with van der Waals surface area (Å²) in [6.07, 6.45) is 5.50. The van der Waals surface area contributed by atoms with Crippen molar-refractivity contribution < 1.29 is 4.74 Å². The average molecular weight is 287 g/mol. The molecule has 2 heteroatoms. The summed E-state index contributed by atoms with van der Waals surface area (Å²) < 4.78 is 5.73. The van der Waals surface area contributed by atoms with Gasteiger partial charge in [-0.3, -0.25) is 0 Å². The third kappa shape index (κ3) is 2.70. The molecule has 2 fully saturated rings. The first-order chi connectivity index (χ1) is 10.2. The van der Waals surface area contributed by atoms with Gasteiger partial charge in [0.2, 0.25) is 0 Å². The lowest BCUT2D eigenvalue weighted by Gasteiger charge is -2.25. The zero-order chi connectivity index (χ0) is 15.0. The van der Waals surface area contributed by atoms with Crippen molar-refractivity contribution in [1.82, 2.24) is 5.32 Å². The quantitative estimate of drug-likeness (QED) is 0.837. The standard InChI is InChI=1S/C19H29NO/c1-5-9-20-19(18-14-7-6-8-15(14)18)17-13(3)10-12(2)11-16(17)21-4/h10-11,14-15,18-20H,5-9H2,1-4H3. The van der Waals surface area contributed by atoms with Gasteiger partial charge in [0.15, 0.2) is 0 Å². The molecule has 2 saturated carbocycles. The molecule has 0 aliphatic heterocycles. The molecule has 2 aliphatic carbocycles. The molecule has 1 aromatic rings. The minimum Gasteiger partial charge on any atom is -0.496 e. The van der Waals surface area contributed by atoms with Gasteiger partial charge in [-0.15, -0.1) is 0 Å². The van der Waals surface area contributed by atoms with E-state index in [2.05, 4.69) is 38.2 Å². The van der Waals surface area contributed by atoms with Crippen LogP contribution in [0.4, 0.5) is 0 Å². The summed E-state index contributed by atoms with van der Waals surface area (Å²) in [5.41, 5.74) is 4.08. The van der Waals surface area contributed by atoms with Gasteiger partial charge in [-0.1, -0.05) is 19.4 Å². The van der Waals surface area contributed by atoms with E-state index in [-0.39, 0.29) is 0 Å². The fourth-order valence-corrected chi connectivity index (χ4v) is 4.61. The van der Waals surface area contributed by atoms with Gasteiger partial charge in [0.05, 0.1) is 7.11 Å². The SMILES string of the molecule is CCCNC(c1c(C)cc(C)cc1OC)C1C2CCCC21. The van der Waals surface area contributed by atoms with Crippen LogP contribution in [0.15, 0.2) is 12.1 Å². The van der Waals surface area contributed by atoms with Crippen LogP contribution in [0.5, 0.6) is 5.75 Å². The van der Waals surface area contributed by atoms with E-state index in [1.807, 2.05) is 7.11 Å². The van der Waals surface area contributed by atoms with Gasteiger partial charge in [0, 0.05) is 11.6 Å². The van der Waals surface area contributed by atoms with Crippen molar-refractivity contribution in [1.29, 1.82) is 0 Å². The van der Waals surface area contributed by atoms with Crippen molar-refractivity contribution in [2.75, 3.05) is 13.7 Å². The molecule has 0 radical (unpaired) electrons. The molecule has 2 aliphatic rings. The number of methoxy groups -OCH3 is 1. The van der Waals surface area contributed by atoms with Gasteiger partial charge in [-0.25, -0.2) is 0 Å². The fourth-order valence-electron chi connectivity index (χ4n) is 4.61. The summed E-state index contributed by atoms with van der Waals surface area (Å²) in [7, 11) is 1.81. The number of hydrogen-bond donors (Lipinski definition) is 1. The Balaban J connectivity index is 1.92. The number of benzene rings is 1. The molecule has 3 unspecified atom stereocenters. The first-order valence-electron chi connectivity index (χ1n) is 8.55. The molecule has 0 bridgehead atoms. The van der Waals surface area contributed by atoms with Crippen LogP contribution in [0.2, 0.25) is 0 Å². The van der Waals surface area contributed by atoms with E-state index in [9.17, 15) is 0 Å². The topological polar surface area (TPSA) is 21.3 Å². The van der Waals surface area contributed by atoms with Crippen LogP contribution in [0.25, 0.3) is 0 Å². The number of ether oxygens (including phenoxy) is 1. The maximum Gasteiger partial charge on any atom is 0.124 e. The number of rotatable bonds is 6. The zero-order valence-corrected chi connectivity index (χ0v) is 13.9. The molecule has 3 rings (SSSR count). The lowest BCUT2D eigenvalue weighted by Crippen LogP contribution is -2.26. The Morgan fingerprint density at radius 1 is 1.24 bits per heavy atom. The second kappa shape index (κ2) is 6.00. The number of fused-ring (bicyclic) bond motifs is 1. The molecule has 1 aromatic carbocycles. The van der Waals surface area contributed by atoms with Crippen LogP contribution in [-0.4, -0.2) is 13.7 Å². The van der Waals surface area contributed by atoms with Gasteiger partial charge < -0.3 is 10.1 Å². The van der Waals surface area contributed by atoms with Crippen molar-refractivity contribution in [2.24, 2.45) is 17.8 Å². The first-order valence-corrected chi connectivity index (χ1v) is 8.55. The molecule has 0 heterocycles. The van der Waals surface area contributed by atoms with Gasteiger partial charge in [-0.05, 0) is 74.6 Å². The summed E-state index contributed by atoms with van der Waals surface area (Å²) in [5.74, 6) is 3.83. The van der Waals surface area contributed by atoms with Crippen molar-refractivity contribution in [2.45, 2.75) is 52.5 Å². The number of aryl methyl sites for hydroxylation is 2. The van der Waals surface area contributed by atoms with E-state index < -0.39 is 0 Å². The lowest BCUT2D eigenvalue weighted by atomic mass is 9.91. The summed E-state index contributed by atoms with van der Waals surface area (Å²) in [4.78, 5) is 0. The minimum absolute atomic E-state index is 0.482. The predicted octanol–water partition coefficient (Wildman–Crippen LogP) is 4.40. The summed E-state index contributed by atoms with van der Waals surface area (Å²) in [6.45, 7) is 7.73. The minimum atomic E-state index is 0.482. The van der Waals surface area contributed by atoms with Gasteiger partial charge in [-0.2, -0.15) is 0 Å². The molecule has 0 amide bonds. The van der Waals surface area contributed by atoms with Gasteiger partial charge >= 0.3 is 0 Å². The lowest BCUT2D eigenvalue weighted by molar-refractivity contribution is 0.373. The highest BCUT2D eigenvalue weighted by Crippen LogP contribution is 2.63. The second-order valence-electron chi connectivity index (χ2n) is 6.97. The molecule has 1 N–H and O–H groups in total. The molecular weight excluding hydrogens is 258 g/mol. The third-order valence-electron chi connectivity index (χ3n) is 5.50. The Morgan fingerprint density at radius 3 is 2.57 bits per heavy atom. The molecule has 0 spiro atoms. The van der Waals surface area contributed by atoms with Crippen LogP contribution < -0.4 is 10.1 Å². The highest BCUT2D eigenvalue weighted by atomic mass is 16.5. The Morgan fingerprint density at radius 2 is 1.95 bits per heavy atom. The predicted molar refractivity (Wildman–Crippen MR) is 87.8 cm³/mol. The normalized spacial score (nSPS) is 28.3. The third-order valence-corrected chi connectivity index (χ3v) is 5.50. The van der Waals surface area contributed by atoms with Crippen molar-refractivity contribution in [3.8, 4) is 5.75 Å². The molecular formula is C19H29NO. The first kappa shape index (κ1) is 14.9. The van der Waals surface area contributed by atoms with Crippen molar-refractivity contribution >= 4 is 0 Å². The molecule has 0 saturated heterocycles. The van der Waals surface area contributed by atoms with Crippen LogP contribution in [0.1, 0.15) is 55.3 Å². The van der Waals surface area contributed by atoms with E-state index in [1.165, 1.54) is 42.4 Å². The fraction of sp³-hybridized carbons (Fsp3) is 0.684. The monoisotopic (exact) mass is 287 g/mol. The molecule has 3 atom stereocenters. The van der Waals surface area contributed by atoms with Crippen LogP contribution in [0, 0.1) is 31.6 Å². The van der Waals surface area contributed by atoms with E-state index in [4.69, 9.17) is 4.74 Å². The van der Waals surface area contributed by atoms with Gasteiger partial charge in [0.25, 0.3) is 0 Å². The van der Waals surface area contributed by atoms with E-state index in [0.717, 1.165) is 30.0 Å². The van der Waals surface area contributed by atoms with Crippen molar-refractivity contribution in [3.05, 3.63) is 28.8 Å². The highest BCUT2D eigenvalue weighted by molar-refractivity contribution is 5.46. The summed E-state index contributed by atoms with van der Waals surface area (Å²) in [5, 5.41) is 3.83. The molecule has 0 aromatic heterocycles. The van der Waals surface area contributed by atoms with Crippen LogP contribution in [0.3, 0.4) is 0 Å². The summed E-state index contributed by atoms with van der Waals surface area (Å²) >= 11 is 0. The maximum atomic E-state index is 5.73. The zero-order valence-electron chi connectivity index (χ0n) is 13.9. The highest BCUT2D eigenvalue weighted by Gasteiger charge is 2.56. The van der Waals surface area contributed by atoms with E-state index >= 15 is 0 Å². The summed E-state index contributed by atoms with van der Waals surface area (Å²) in [6, 6.07) is 4.98. The molecule has 116 valence electrons. The molecule has 21 heavy (non-hydrogen) atoms. The Hall–Kier alpha value is -1.02. The Labute approximate surface area is 129 Å². The largest absolute Gasteiger partial charge is 0.496 e. The van der Waals surface area contributed by atoms with Crippen LogP contribution >= 0.6 is 0 Å². The average Bonchev–Trinajstić information content (AvgIpc) is 2.92.